The van der Waals surface area contributed by atoms with E-state index in [1.807, 2.05) is 35.8 Å². The lowest BCUT2D eigenvalue weighted by Gasteiger charge is -2.08. The lowest BCUT2D eigenvalue weighted by Crippen LogP contribution is -2.05. The Morgan fingerprint density at radius 2 is 2.04 bits per heavy atom. The first-order valence-electron chi connectivity index (χ1n) is 7.95. The predicted octanol–water partition coefficient (Wildman–Crippen LogP) is 2.75. The van der Waals surface area contributed by atoms with Gasteiger partial charge in [-0.3, -0.25) is 14.8 Å². The molecule has 0 N–H and O–H groups in total. The van der Waals surface area contributed by atoms with Crippen molar-refractivity contribution in [2.45, 2.75) is 30.9 Å². The molecular weight excluding hydrogens is 356 g/mol. The second kappa shape index (κ2) is 8.00. The molecule has 0 atom stereocenters. The Balaban J connectivity index is 1.69. The van der Waals surface area contributed by atoms with Gasteiger partial charge in [-0.1, -0.05) is 23.9 Å². The molecule has 3 rings (SSSR count). The van der Waals surface area contributed by atoms with Crippen LogP contribution in [0.5, 0.6) is 5.75 Å². The largest absolute Gasteiger partial charge is 0.497 e. The van der Waals surface area contributed by atoms with E-state index in [9.17, 15) is 10.1 Å². The molecule has 0 amide bonds. The molecule has 0 radical (unpaired) electrons. The number of nitro groups is 1. The molecule has 0 aliphatic carbocycles. The van der Waals surface area contributed by atoms with Gasteiger partial charge in [0.1, 0.15) is 24.0 Å². The van der Waals surface area contributed by atoms with Gasteiger partial charge in [-0.25, -0.2) is 0 Å². The Morgan fingerprint density at radius 3 is 2.65 bits per heavy atom. The van der Waals surface area contributed by atoms with Crippen molar-refractivity contribution in [3.8, 4) is 5.75 Å². The maximum atomic E-state index is 10.7. The van der Waals surface area contributed by atoms with Crippen molar-refractivity contribution in [1.82, 2.24) is 24.5 Å². The third kappa shape index (κ3) is 4.02. The minimum Gasteiger partial charge on any atom is -0.497 e. The topological polar surface area (TPSA) is 101 Å². The van der Waals surface area contributed by atoms with Crippen LogP contribution in [0, 0.1) is 10.1 Å². The van der Waals surface area contributed by atoms with Gasteiger partial charge in [0.2, 0.25) is 0 Å². The zero-order valence-electron chi connectivity index (χ0n) is 14.4. The number of nitrogens with zero attached hydrogens (tertiary/aromatic N) is 6. The first kappa shape index (κ1) is 17.9. The molecule has 0 spiro atoms. The third-order valence-corrected chi connectivity index (χ3v) is 4.74. The molecule has 0 saturated heterocycles. The molecule has 0 aliphatic rings. The Kier molecular flexibility index (Phi) is 5.52. The summed E-state index contributed by atoms with van der Waals surface area (Å²) >= 11 is 1.43. The number of hydrogen-bond acceptors (Lipinski definition) is 7. The SMILES string of the molecule is CCn1c(Cc2ccc(OC)cc2)nnc1SCn1cc([N+](=O)[O-])cn1. The summed E-state index contributed by atoms with van der Waals surface area (Å²) in [7, 11) is 1.64. The first-order valence-corrected chi connectivity index (χ1v) is 8.94. The Morgan fingerprint density at radius 1 is 1.27 bits per heavy atom. The predicted molar refractivity (Wildman–Crippen MR) is 96.2 cm³/mol. The molecule has 2 aromatic heterocycles. The summed E-state index contributed by atoms with van der Waals surface area (Å²) in [6, 6.07) is 7.84. The summed E-state index contributed by atoms with van der Waals surface area (Å²) in [5, 5.41) is 24.0. The van der Waals surface area contributed by atoms with E-state index in [2.05, 4.69) is 15.3 Å². The standard InChI is InChI=1S/C16H18N6O3S/c1-3-21-15(8-12-4-6-14(25-2)7-5-12)18-19-16(21)26-11-20-10-13(9-17-20)22(23)24/h4-7,9-10H,3,8,11H2,1-2H3. The minimum absolute atomic E-state index is 0.0252. The molecule has 136 valence electrons. The molecule has 3 aromatic rings. The fourth-order valence-electron chi connectivity index (χ4n) is 2.44. The van der Waals surface area contributed by atoms with Crippen LogP contribution >= 0.6 is 11.8 Å². The highest BCUT2D eigenvalue weighted by atomic mass is 32.2. The van der Waals surface area contributed by atoms with E-state index < -0.39 is 4.92 Å². The average Bonchev–Trinajstić information content (AvgIpc) is 3.27. The average molecular weight is 374 g/mol. The van der Waals surface area contributed by atoms with Gasteiger partial charge in [0.15, 0.2) is 5.16 Å². The minimum atomic E-state index is -0.463. The fourth-order valence-corrected chi connectivity index (χ4v) is 3.32. The molecular formula is C16H18N6O3S. The maximum absolute atomic E-state index is 10.7. The molecule has 0 aliphatic heterocycles. The summed E-state index contributed by atoms with van der Waals surface area (Å²) in [5.74, 6) is 2.11. The summed E-state index contributed by atoms with van der Waals surface area (Å²) in [6.45, 7) is 2.77. The molecule has 1 aromatic carbocycles. The van der Waals surface area contributed by atoms with E-state index in [0.717, 1.165) is 28.8 Å². The zero-order valence-corrected chi connectivity index (χ0v) is 15.2. The molecule has 9 nitrogen and oxygen atoms in total. The number of ether oxygens (including phenoxy) is 1. The van der Waals surface area contributed by atoms with Gasteiger partial charge >= 0.3 is 5.69 Å². The van der Waals surface area contributed by atoms with Crippen molar-refractivity contribution in [2.75, 3.05) is 7.11 Å². The van der Waals surface area contributed by atoms with E-state index >= 15 is 0 Å². The normalized spacial score (nSPS) is 10.8. The van der Waals surface area contributed by atoms with E-state index in [1.165, 1.54) is 28.8 Å². The van der Waals surface area contributed by atoms with Crippen LogP contribution in [0.25, 0.3) is 0 Å². The van der Waals surface area contributed by atoms with Crippen LogP contribution in [0.4, 0.5) is 5.69 Å². The van der Waals surface area contributed by atoms with E-state index in [-0.39, 0.29) is 5.69 Å². The molecule has 0 unspecified atom stereocenters. The molecule has 0 bridgehead atoms. The highest BCUT2D eigenvalue weighted by Crippen LogP contribution is 2.22. The Bertz CT molecular complexity index is 890. The Labute approximate surface area is 154 Å². The number of benzene rings is 1. The van der Waals surface area contributed by atoms with E-state index in [4.69, 9.17) is 4.74 Å². The summed E-state index contributed by atoms with van der Waals surface area (Å²) in [4.78, 5) is 10.3. The van der Waals surface area contributed by atoms with Gasteiger partial charge in [0, 0.05) is 13.0 Å². The summed E-state index contributed by atoms with van der Waals surface area (Å²) in [5.41, 5.74) is 1.09. The number of hydrogen-bond donors (Lipinski definition) is 0. The lowest BCUT2D eigenvalue weighted by atomic mass is 10.1. The highest BCUT2D eigenvalue weighted by Gasteiger charge is 2.14. The monoisotopic (exact) mass is 374 g/mol. The van der Waals surface area contributed by atoms with Gasteiger partial charge in [0.25, 0.3) is 0 Å². The molecule has 26 heavy (non-hydrogen) atoms. The number of aromatic nitrogens is 5. The maximum Gasteiger partial charge on any atom is 0.307 e. The lowest BCUT2D eigenvalue weighted by molar-refractivity contribution is -0.385. The van der Waals surface area contributed by atoms with Crippen molar-refractivity contribution in [1.29, 1.82) is 0 Å². The van der Waals surface area contributed by atoms with Gasteiger partial charge in [-0.05, 0) is 24.6 Å². The van der Waals surface area contributed by atoms with Crippen molar-refractivity contribution in [3.05, 3.63) is 58.2 Å². The van der Waals surface area contributed by atoms with Gasteiger partial charge in [-0.15, -0.1) is 10.2 Å². The van der Waals surface area contributed by atoms with Crippen LogP contribution in [0.3, 0.4) is 0 Å². The second-order valence-electron chi connectivity index (χ2n) is 5.44. The molecule has 0 saturated carbocycles. The number of rotatable bonds is 8. The van der Waals surface area contributed by atoms with Crippen LogP contribution in [0.2, 0.25) is 0 Å². The molecule has 2 heterocycles. The quantitative estimate of drug-likeness (QED) is 0.339. The van der Waals surface area contributed by atoms with E-state index in [1.54, 1.807) is 7.11 Å². The fraction of sp³-hybridized carbons (Fsp3) is 0.312. The van der Waals surface area contributed by atoms with Crippen molar-refractivity contribution in [2.24, 2.45) is 0 Å². The summed E-state index contributed by atoms with van der Waals surface area (Å²) < 4.78 is 8.72. The van der Waals surface area contributed by atoms with Crippen LogP contribution in [0.1, 0.15) is 18.3 Å². The van der Waals surface area contributed by atoms with Crippen LogP contribution in [-0.2, 0) is 18.8 Å². The van der Waals surface area contributed by atoms with Crippen molar-refractivity contribution in [3.63, 3.8) is 0 Å². The smallest absolute Gasteiger partial charge is 0.307 e. The van der Waals surface area contributed by atoms with Gasteiger partial charge < -0.3 is 9.30 Å². The summed E-state index contributed by atoms with van der Waals surface area (Å²) in [6.07, 6.45) is 3.30. The van der Waals surface area contributed by atoms with Gasteiger partial charge in [0.05, 0.1) is 17.9 Å². The van der Waals surface area contributed by atoms with Crippen LogP contribution < -0.4 is 4.74 Å². The zero-order chi connectivity index (χ0) is 18.5. The number of methoxy groups -OCH3 is 1. The number of thioether (sulfide) groups is 1. The van der Waals surface area contributed by atoms with Crippen LogP contribution in [-0.4, -0.2) is 36.6 Å². The van der Waals surface area contributed by atoms with E-state index in [0.29, 0.717) is 12.3 Å². The third-order valence-electron chi connectivity index (χ3n) is 3.79. The first-order chi connectivity index (χ1) is 12.6. The van der Waals surface area contributed by atoms with Crippen molar-refractivity contribution >= 4 is 17.4 Å². The van der Waals surface area contributed by atoms with Crippen molar-refractivity contribution < 1.29 is 9.66 Å². The molecule has 10 heteroatoms. The second-order valence-corrected chi connectivity index (χ2v) is 6.35. The Hall–Kier alpha value is -2.88. The van der Waals surface area contributed by atoms with Gasteiger partial charge in [-0.2, -0.15) is 5.10 Å². The molecule has 0 fully saturated rings. The van der Waals surface area contributed by atoms with Crippen LogP contribution in [0.15, 0.2) is 41.8 Å². The highest BCUT2D eigenvalue weighted by molar-refractivity contribution is 7.98.